The topological polar surface area (TPSA) is 108 Å². The molecule has 0 aromatic heterocycles. The van der Waals surface area contributed by atoms with Crippen molar-refractivity contribution in [1.82, 2.24) is 5.32 Å². The van der Waals surface area contributed by atoms with Crippen LogP contribution in [0.4, 0.5) is 0 Å². The zero-order chi connectivity index (χ0) is 24.1. The van der Waals surface area contributed by atoms with Gasteiger partial charge in [-0.1, -0.05) is 91.0 Å². The Morgan fingerprint density at radius 1 is 0.824 bits per heavy atom. The molecular weight excluding hydrogens is 434 g/mol. The van der Waals surface area contributed by atoms with E-state index >= 15 is 0 Å². The maximum absolute atomic E-state index is 11.4. The third kappa shape index (κ3) is 4.75. The van der Waals surface area contributed by atoms with E-state index in [1.54, 1.807) is 0 Å². The molecule has 1 aliphatic heterocycles. The number of nitrogens with one attached hydrogen (secondary N) is 1. The minimum Gasteiger partial charge on any atom is -0.388 e. The summed E-state index contributed by atoms with van der Waals surface area (Å²) in [5.74, 6) is -0.454. The second-order valence-corrected chi connectivity index (χ2v) is 8.36. The highest BCUT2D eigenvalue weighted by molar-refractivity contribution is 5.73. The summed E-state index contributed by atoms with van der Waals surface area (Å²) in [7, 11) is 0. The summed E-state index contributed by atoms with van der Waals surface area (Å²) in [5.41, 5.74) is 1.57. The standard InChI is InChI=1S/C27H29NO6/c1-18(29)28-23-25(31)24(30)22(34-26(23)32)17-33-27(19-11-5-2-6-12-19,20-13-7-3-8-14-20)21-15-9-4-10-16-21/h2-16,22-26,30-32H,17H2,1H3,(H,28,29)/t22-,23+,24+,25+,26+/m0/s1. The van der Waals surface area contributed by atoms with Crippen LogP contribution in [0.2, 0.25) is 0 Å². The largest absolute Gasteiger partial charge is 0.388 e. The number of hydrogen-bond acceptors (Lipinski definition) is 6. The number of aliphatic hydroxyl groups excluding tert-OH is 3. The highest BCUT2D eigenvalue weighted by atomic mass is 16.6. The van der Waals surface area contributed by atoms with E-state index in [2.05, 4.69) is 5.32 Å². The predicted octanol–water partition coefficient (Wildman–Crippen LogP) is 1.94. The molecule has 1 saturated heterocycles. The van der Waals surface area contributed by atoms with E-state index in [4.69, 9.17) is 9.47 Å². The number of carbonyl (C=O) groups excluding carboxylic acids is 1. The van der Waals surface area contributed by atoms with Crippen molar-refractivity contribution in [3.8, 4) is 0 Å². The third-order valence-corrected chi connectivity index (χ3v) is 6.10. The molecule has 178 valence electrons. The van der Waals surface area contributed by atoms with Crippen LogP contribution >= 0.6 is 0 Å². The number of carbonyl (C=O) groups is 1. The van der Waals surface area contributed by atoms with Crippen molar-refractivity contribution >= 4 is 5.91 Å². The lowest BCUT2D eigenvalue weighted by Crippen LogP contribution is -2.64. The first-order valence-electron chi connectivity index (χ1n) is 11.2. The number of hydrogen-bond donors (Lipinski definition) is 4. The van der Waals surface area contributed by atoms with Crippen molar-refractivity contribution in [2.24, 2.45) is 0 Å². The molecule has 0 unspecified atom stereocenters. The molecule has 0 saturated carbocycles. The van der Waals surface area contributed by atoms with Gasteiger partial charge in [-0.15, -0.1) is 0 Å². The van der Waals surface area contributed by atoms with Crippen molar-refractivity contribution < 1.29 is 29.6 Å². The zero-order valence-electron chi connectivity index (χ0n) is 18.8. The summed E-state index contributed by atoms with van der Waals surface area (Å²) in [6, 6.07) is 28.0. The van der Waals surface area contributed by atoms with Gasteiger partial charge in [0.1, 0.15) is 30.0 Å². The average molecular weight is 464 g/mol. The molecule has 3 aromatic carbocycles. The molecule has 4 N–H and O–H groups in total. The molecule has 0 aliphatic carbocycles. The van der Waals surface area contributed by atoms with Crippen LogP contribution in [0, 0.1) is 0 Å². The van der Waals surface area contributed by atoms with Crippen LogP contribution < -0.4 is 5.32 Å². The molecule has 5 atom stereocenters. The molecule has 1 aliphatic rings. The summed E-state index contributed by atoms with van der Waals surface area (Å²) in [6.07, 6.45) is -5.36. The molecule has 0 bridgehead atoms. The average Bonchev–Trinajstić information content (AvgIpc) is 2.87. The third-order valence-electron chi connectivity index (χ3n) is 6.10. The van der Waals surface area contributed by atoms with Gasteiger partial charge in [0.2, 0.25) is 5.91 Å². The molecule has 34 heavy (non-hydrogen) atoms. The lowest BCUT2D eigenvalue weighted by atomic mass is 9.80. The van der Waals surface area contributed by atoms with Crippen molar-refractivity contribution in [2.75, 3.05) is 6.61 Å². The van der Waals surface area contributed by atoms with Gasteiger partial charge in [0.05, 0.1) is 6.61 Å². The molecule has 1 heterocycles. The van der Waals surface area contributed by atoms with Gasteiger partial charge in [0.25, 0.3) is 0 Å². The molecule has 0 radical (unpaired) electrons. The van der Waals surface area contributed by atoms with Gasteiger partial charge in [0, 0.05) is 6.92 Å². The van der Waals surface area contributed by atoms with Crippen molar-refractivity contribution in [2.45, 2.75) is 43.2 Å². The predicted molar refractivity (Wildman–Crippen MR) is 126 cm³/mol. The lowest BCUT2D eigenvalue weighted by molar-refractivity contribution is -0.261. The minimum atomic E-state index is -1.50. The van der Waals surface area contributed by atoms with E-state index in [1.807, 2.05) is 91.0 Å². The first-order chi connectivity index (χ1) is 16.4. The highest BCUT2D eigenvalue weighted by Gasteiger charge is 2.46. The van der Waals surface area contributed by atoms with E-state index in [-0.39, 0.29) is 6.61 Å². The Balaban J connectivity index is 1.71. The van der Waals surface area contributed by atoms with E-state index in [0.717, 1.165) is 16.7 Å². The minimum absolute atomic E-state index is 0.138. The van der Waals surface area contributed by atoms with Crippen LogP contribution in [0.1, 0.15) is 23.6 Å². The Morgan fingerprint density at radius 3 is 1.68 bits per heavy atom. The quantitative estimate of drug-likeness (QED) is 0.399. The van der Waals surface area contributed by atoms with Crippen LogP contribution in [0.5, 0.6) is 0 Å². The summed E-state index contributed by atoms with van der Waals surface area (Å²) in [4.78, 5) is 11.4. The van der Waals surface area contributed by atoms with E-state index in [9.17, 15) is 20.1 Å². The van der Waals surface area contributed by atoms with Crippen LogP contribution in [-0.4, -0.2) is 58.5 Å². The summed E-state index contributed by atoms with van der Waals surface area (Å²) >= 11 is 0. The first-order valence-corrected chi connectivity index (χ1v) is 11.2. The normalized spacial score (nSPS) is 25.0. The second kappa shape index (κ2) is 10.5. The Morgan fingerprint density at radius 2 is 1.26 bits per heavy atom. The smallest absolute Gasteiger partial charge is 0.217 e. The number of rotatable bonds is 7. The molecule has 1 fully saturated rings. The number of aliphatic hydroxyl groups is 3. The Hall–Kier alpha value is -3.07. The second-order valence-electron chi connectivity index (χ2n) is 8.36. The summed E-state index contributed by atoms with van der Waals surface area (Å²) in [5, 5.41) is 34.1. The fourth-order valence-electron chi connectivity index (χ4n) is 4.45. The van der Waals surface area contributed by atoms with Gasteiger partial charge in [-0.2, -0.15) is 0 Å². The molecule has 7 nitrogen and oxygen atoms in total. The summed E-state index contributed by atoms with van der Waals surface area (Å²) in [6.45, 7) is 1.12. The SMILES string of the molecule is CC(=O)N[C@@H]1[C@@H](O)[C@H](O)[C@H](COC(c2ccccc2)(c2ccccc2)c2ccccc2)O[C@H]1O. The molecule has 7 heteroatoms. The van der Waals surface area contributed by atoms with Crippen molar-refractivity contribution in [3.05, 3.63) is 108 Å². The van der Waals surface area contributed by atoms with Crippen molar-refractivity contribution in [1.29, 1.82) is 0 Å². The Kier molecular flexibility index (Phi) is 7.41. The van der Waals surface area contributed by atoms with E-state index in [1.165, 1.54) is 6.92 Å². The van der Waals surface area contributed by atoms with Gasteiger partial charge < -0.3 is 30.1 Å². The van der Waals surface area contributed by atoms with Crippen LogP contribution in [0.3, 0.4) is 0 Å². The Bertz CT molecular complexity index is 966. The monoisotopic (exact) mass is 463 g/mol. The van der Waals surface area contributed by atoms with Gasteiger partial charge in [-0.25, -0.2) is 0 Å². The van der Waals surface area contributed by atoms with E-state index < -0.39 is 42.2 Å². The number of amides is 1. The zero-order valence-corrected chi connectivity index (χ0v) is 18.8. The molecular formula is C27H29NO6. The van der Waals surface area contributed by atoms with E-state index in [0.29, 0.717) is 0 Å². The molecule has 0 spiro atoms. The summed E-state index contributed by atoms with van der Waals surface area (Å²) < 4.78 is 12.2. The maximum atomic E-state index is 11.4. The van der Waals surface area contributed by atoms with Gasteiger partial charge in [-0.3, -0.25) is 4.79 Å². The number of ether oxygens (including phenoxy) is 2. The lowest BCUT2D eigenvalue weighted by Gasteiger charge is -2.43. The van der Waals surface area contributed by atoms with Crippen LogP contribution in [0.15, 0.2) is 91.0 Å². The van der Waals surface area contributed by atoms with Crippen molar-refractivity contribution in [3.63, 3.8) is 0 Å². The highest BCUT2D eigenvalue weighted by Crippen LogP contribution is 2.41. The Labute approximate surface area is 198 Å². The fourth-order valence-corrected chi connectivity index (χ4v) is 4.45. The van der Waals surface area contributed by atoms with Crippen LogP contribution in [-0.2, 0) is 19.9 Å². The van der Waals surface area contributed by atoms with Gasteiger partial charge in [0.15, 0.2) is 6.29 Å². The van der Waals surface area contributed by atoms with Gasteiger partial charge >= 0.3 is 0 Å². The first kappa shape index (κ1) is 24.1. The molecule has 1 amide bonds. The van der Waals surface area contributed by atoms with Gasteiger partial charge in [-0.05, 0) is 16.7 Å². The molecule has 3 aromatic rings. The maximum Gasteiger partial charge on any atom is 0.217 e. The number of benzene rings is 3. The fraction of sp³-hybridized carbons (Fsp3) is 0.296. The molecule has 4 rings (SSSR count). The van der Waals surface area contributed by atoms with Crippen LogP contribution in [0.25, 0.3) is 0 Å².